The van der Waals surface area contributed by atoms with Crippen LogP contribution in [-0.4, -0.2) is 61.4 Å². The van der Waals surface area contributed by atoms with Crippen molar-refractivity contribution in [3.05, 3.63) is 0 Å². The lowest BCUT2D eigenvalue weighted by molar-refractivity contribution is -0.162. The molecular weight excluding hydrogens is 190 g/mol. The molecule has 6 nitrogen and oxygen atoms in total. The second-order valence-corrected chi connectivity index (χ2v) is 2.92. The van der Waals surface area contributed by atoms with E-state index in [2.05, 4.69) is 4.74 Å². The summed E-state index contributed by atoms with van der Waals surface area (Å²) >= 11 is 0. The quantitative estimate of drug-likeness (QED) is 0.409. The third-order valence-electron chi connectivity index (χ3n) is 1.99. The number of morpholine rings is 1. The van der Waals surface area contributed by atoms with E-state index < -0.39 is 18.0 Å². The molecule has 0 bridgehead atoms. The first-order valence-electron chi connectivity index (χ1n) is 4.28. The maximum absolute atomic E-state index is 11.3. The predicted molar refractivity (Wildman–Crippen MR) is 45.4 cm³/mol. The van der Waals surface area contributed by atoms with Crippen LogP contribution < -0.4 is 0 Å². The first-order chi connectivity index (χ1) is 6.69. The van der Waals surface area contributed by atoms with Gasteiger partial charge in [-0.1, -0.05) is 0 Å². The number of amides is 1. The zero-order valence-electron chi connectivity index (χ0n) is 7.93. The van der Waals surface area contributed by atoms with Gasteiger partial charge in [-0.05, 0) is 0 Å². The molecule has 1 saturated heterocycles. The Balaban J connectivity index is 2.51. The number of aliphatic hydroxyl groups excluding tert-OH is 1. The number of rotatable bonds is 1. The third kappa shape index (κ3) is 2.43. The molecule has 1 amide bonds. The van der Waals surface area contributed by atoms with Crippen LogP contribution >= 0.6 is 0 Å². The minimum absolute atomic E-state index is 0.162. The van der Waals surface area contributed by atoms with Crippen LogP contribution in [0.3, 0.4) is 0 Å². The average molecular weight is 203 g/mol. The number of esters is 1. The molecule has 0 saturated carbocycles. The number of hydrogen-bond acceptors (Lipinski definition) is 5. The molecule has 1 heterocycles. The summed E-state index contributed by atoms with van der Waals surface area (Å²) in [6.45, 7) is 0.744. The summed E-state index contributed by atoms with van der Waals surface area (Å²) < 4.78 is 9.43. The maximum atomic E-state index is 11.3. The molecule has 6 heteroatoms. The van der Waals surface area contributed by atoms with Crippen LogP contribution in [0.15, 0.2) is 0 Å². The number of carbonyl (C=O) groups is 2. The van der Waals surface area contributed by atoms with Crippen molar-refractivity contribution in [2.75, 3.05) is 33.4 Å². The van der Waals surface area contributed by atoms with Crippen LogP contribution in [-0.2, 0) is 19.1 Å². The molecule has 0 radical (unpaired) electrons. The SMILES string of the molecule is COC(=O)C(=O)N1CCOC(CO)C1. The van der Waals surface area contributed by atoms with E-state index in [-0.39, 0.29) is 13.2 Å². The standard InChI is InChI=1S/C8H13NO5/c1-13-8(12)7(11)9-2-3-14-6(4-9)5-10/h6,10H,2-5H2,1H3. The zero-order chi connectivity index (χ0) is 10.6. The van der Waals surface area contributed by atoms with Crippen LogP contribution in [0.5, 0.6) is 0 Å². The van der Waals surface area contributed by atoms with Gasteiger partial charge in [0.2, 0.25) is 0 Å². The summed E-state index contributed by atoms with van der Waals surface area (Å²) in [4.78, 5) is 23.5. The summed E-state index contributed by atoms with van der Waals surface area (Å²) in [5.74, 6) is -1.57. The second-order valence-electron chi connectivity index (χ2n) is 2.92. The van der Waals surface area contributed by atoms with Crippen molar-refractivity contribution in [2.24, 2.45) is 0 Å². The van der Waals surface area contributed by atoms with Crippen molar-refractivity contribution in [3.8, 4) is 0 Å². The van der Waals surface area contributed by atoms with E-state index in [1.807, 2.05) is 0 Å². The zero-order valence-corrected chi connectivity index (χ0v) is 7.93. The van der Waals surface area contributed by atoms with E-state index in [1.165, 1.54) is 4.90 Å². The van der Waals surface area contributed by atoms with Gasteiger partial charge in [-0.15, -0.1) is 0 Å². The van der Waals surface area contributed by atoms with Crippen molar-refractivity contribution in [1.82, 2.24) is 4.90 Å². The Kier molecular flexibility index (Phi) is 3.84. The fraction of sp³-hybridized carbons (Fsp3) is 0.750. The highest BCUT2D eigenvalue weighted by atomic mass is 16.5. The summed E-state index contributed by atoms with van der Waals surface area (Å²) in [6.07, 6.45) is -0.405. The summed E-state index contributed by atoms with van der Waals surface area (Å²) in [5, 5.41) is 8.81. The first kappa shape index (κ1) is 10.9. The number of nitrogens with zero attached hydrogens (tertiary/aromatic N) is 1. The highest BCUT2D eigenvalue weighted by Crippen LogP contribution is 2.05. The van der Waals surface area contributed by atoms with E-state index in [1.54, 1.807) is 0 Å². The molecular formula is C8H13NO5. The number of aliphatic hydroxyl groups is 1. The van der Waals surface area contributed by atoms with Crippen LogP contribution in [0.1, 0.15) is 0 Å². The molecule has 0 spiro atoms. The van der Waals surface area contributed by atoms with Gasteiger partial charge >= 0.3 is 11.9 Å². The molecule has 1 unspecified atom stereocenters. The minimum atomic E-state index is -0.886. The first-order valence-corrected chi connectivity index (χ1v) is 4.28. The Hall–Kier alpha value is -1.14. The van der Waals surface area contributed by atoms with Gasteiger partial charge in [-0.3, -0.25) is 4.79 Å². The molecule has 0 aliphatic carbocycles. The lowest BCUT2D eigenvalue weighted by atomic mass is 10.3. The lowest BCUT2D eigenvalue weighted by Crippen LogP contribution is -2.49. The molecule has 1 aliphatic heterocycles. The van der Waals surface area contributed by atoms with Gasteiger partial charge < -0.3 is 19.5 Å². The maximum Gasteiger partial charge on any atom is 0.396 e. The number of methoxy groups -OCH3 is 1. The topological polar surface area (TPSA) is 76.1 Å². The Bertz CT molecular complexity index is 230. The fourth-order valence-electron chi connectivity index (χ4n) is 1.23. The van der Waals surface area contributed by atoms with Gasteiger partial charge in [-0.25, -0.2) is 4.79 Å². The highest BCUT2D eigenvalue weighted by Gasteiger charge is 2.28. The van der Waals surface area contributed by atoms with Crippen molar-refractivity contribution in [3.63, 3.8) is 0 Å². The van der Waals surface area contributed by atoms with Crippen LogP contribution in [0.4, 0.5) is 0 Å². The Morgan fingerprint density at radius 1 is 1.64 bits per heavy atom. The van der Waals surface area contributed by atoms with Crippen molar-refractivity contribution < 1.29 is 24.2 Å². The van der Waals surface area contributed by atoms with E-state index >= 15 is 0 Å². The smallest absolute Gasteiger partial charge is 0.396 e. The lowest BCUT2D eigenvalue weighted by Gasteiger charge is -2.31. The van der Waals surface area contributed by atoms with Crippen LogP contribution in [0.2, 0.25) is 0 Å². The molecule has 14 heavy (non-hydrogen) atoms. The van der Waals surface area contributed by atoms with Gasteiger partial charge in [-0.2, -0.15) is 0 Å². The van der Waals surface area contributed by atoms with E-state index in [9.17, 15) is 9.59 Å². The summed E-state index contributed by atoms with van der Waals surface area (Å²) in [5.41, 5.74) is 0. The van der Waals surface area contributed by atoms with Gasteiger partial charge in [0.15, 0.2) is 0 Å². The molecule has 1 rings (SSSR count). The molecule has 1 N–H and O–H groups in total. The Labute approximate surface area is 81.4 Å². The van der Waals surface area contributed by atoms with E-state index in [0.717, 1.165) is 7.11 Å². The summed E-state index contributed by atoms with van der Waals surface area (Å²) in [6, 6.07) is 0. The average Bonchev–Trinajstić information content (AvgIpc) is 2.27. The fourth-order valence-corrected chi connectivity index (χ4v) is 1.23. The molecule has 1 fully saturated rings. The van der Waals surface area contributed by atoms with Crippen molar-refractivity contribution in [1.29, 1.82) is 0 Å². The third-order valence-corrected chi connectivity index (χ3v) is 1.99. The molecule has 0 aromatic carbocycles. The van der Waals surface area contributed by atoms with E-state index in [0.29, 0.717) is 13.2 Å². The van der Waals surface area contributed by atoms with Gasteiger partial charge in [0, 0.05) is 13.1 Å². The Morgan fingerprint density at radius 3 is 2.93 bits per heavy atom. The monoisotopic (exact) mass is 203 g/mol. The Morgan fingerprint density at radius 2 is 2.36 bits per heavy atom. The van der Waals surface area contributed by atoms with Gasteiger partial charge in [0.25, 0.3) is 0 Å². The highest BCUT2D eigenvalue weighted by molar-refractivity contribution is 6.32. The van der Waals surface area contributed by atoms with Crippen LogP contribution in [0.25, 0.3) is 0 Å². The normalized spacial score (nSPS) is 21.9. The van der Waals surface area contributed by atoms with E-state index in [4.69, 9.17) is 9.84 Å². The molecule has 1 aliphatic rings. The van der Waals surface area contributed by atoms with Crippen LogP contribution in [0, 0.1) is 0 Å². The van der Waals surface area contributed by atoms with Crippen molar-refractivity contribution in [2.45, 2.75) is 6.10 Å². The number of ether oxygens (including phenoxy) is 2. The van der Waals surface area contributed by atoms with Gasteiger partial charge in [0.05, 0.1) is 26.4 Å². The minimum Gasteiger partial charge on any atom is -0.462 e. The van der Waals surface area contributed by atoms with Crippen molar-refractivity contribution >= 4 is 11.9 Å². The second kappa shape index (κ2) is 4.92. The number of hydrogen-bond donors (Lipinski definition) is 1. The predicted octanol–water partition coefficient (Wildman–Crippen LogP) is -1.62. The molecule has 0 aromatic heterocycles. The molecule has 1 atom stereocenters. The largest absolute Gasteiger partial charge is 0.462 e. The summed E-state index contributed by atoms with van der Waals surface area (Å²) in [7, 11) is 1.16. The molecule has 0 aromatic rings. The number of carbonyl (C=O) groups excluding carboxylic acids is 2. The van der Waals surface area contributed by atoms with Gasteiger partial charge in [0.1, 0.15) is 0 Å². The molecule has 80 valence electrons.